The quantitative estimate of drug-likeness (QED) is 0.791. The van der Waals surface area contributed by atoms with E-state index in [9.17, 15) is 4.79 Å². The third kappa shape index (κ3) is 4.42. The van der Waals surface area contributed by atoms with Gasteiger partial charge < -0.3 is 15.2 Å². The Bertz CT molecular complexity index is 719. The molecule has 1 unspecified atom stereocenters. The maximum absolute atomic E-state index is 11.0. The molecule has 25 heavy (non-hydrogen) atoms. The summed E-state index contributed by atoms with van der Waals surface area (Å²) in [4.78, 5) is 15.3. The van der Waals surface area contributed by atoms with Gasteiger partial charge in [0.15, 0.2) is 0 Å². The summed E-state index contributed by atoms with van der Waals surface area (Å²) < 4.78 is 6.11. The number of rotatable bonds is 6. The van der Waals surface area contributed by atoms with Crippen molar-refractivity contribution in [2.45, 2.75) is 31.4 Å². The van der Waals surface area contributed by atoms with Crippen molar-refractivity contribution in [3.63, 3.8) is 0 Å². The van der Waals surface area contributed by atoms with Crippen molar-refractivity contribution in [1.82, 2.24) is 10.3 Å². The third-order valence-electron chi connectivity index (χ3n) is 4.57. The molecular weight excluding hydrogens is 363 g/mol. The van der Waals surface area contributed by atoms with Crippen molar-refractivity contribution in [1.29, 1.82) is 0 Å². The fourth-order valence-electron chi connectivity index (χ4n) is 2.77. The highest BCUT2D eigenvalue weighted by Gasteiger charge is 2.47. The molecule has 3 rings (SSSR count). The van der Waals surface area contributed by atoms with E-state index in [4.69, 9.17) is 9.84 Å². The van der Waals surface area contributed by atoms with Gasteiger partial charge in [-0.25, -0.2) is 9.78 Å². The topological polar surface area (TPSA) is 71.5 Å². The Balaban J connectivity index is 0.00000156. The van der Waals surface area contributed by atoms with Crippen LogP contribution in [0.15, 0.2) is 42.6 Å². The zero-order chi connectivity index (χ0) is 16.4. The predicted molar refractivity (Wildman–Crippen MR) is 102 cm³/mol. The van der Waals surface area contributed by atoms with Gasteiger partial charge in [0, 0.05) is 11.8 Å². The molecule has 0 radical (unpaired) electrons. The van der Waals surface area contributed by atoms with Gasteiger partial charge in [0.2, 0.25) is 5.88 Å². The number of nitrogens with one attached hydrogen (secondary N) is 1. The Morgan fingerprint density at radius 3 is 2.40 bits per heavy atom. The number of hydrogen-bond donors (Lipinski definition) is 2. The van der Waals surface area contributed by atoms with E-state index in [1.165, 1.54) is 0 Å². The minimum absolute atomic E-state index is 0. The SMILES string of the molecule is CNC1(C(C)Oc2ncccc2-c2ccc(C(=O)O)cc2)CC1.Cl.Cl. The van der Waals surface area contributed by atoms with Gasteiger partial charge in [0.1, 0.15) is 6.10 Å². The maximum atomic E-state index is 11.0. The van der Waals surface area contributed by atoms with Gasteiger partial charge in [0.25, 0.3) is 0 Å². The van der Waals surface area contributed by atoms with Crippen LogP contribution in [0.5, 0.6) is 5.88 Å². The first kappa shape index (κ1) is 21.2. The molecule has 1 aliphatic rings. The number of carboxylic acid groups (broad SMARTS) is 1. The Morgan fingerprint density at radius 2 is 1.88 bits per heavy atom. The first-order valence-corrected chi connectivity index (χ1v) is 7.70. The number of halogens is 2. The van der Waals surface area contributed by atoms with E-state index < -0.39 is 5.97 Å². The van der Waals surface area contributed by atoms with Gasteiger partial charge in [-0.15, -0.1) is 24.8 Å². The molecule has 136 valence electrons. The van der Waals surface area contributed by atoms with Crippen molar-refractivity contribution >= 4 is 30.8 Å². The number of ether oxygens (including phenoxy) is 1. The Kier molecular flexibility index (Phi) is 7.23. The number of benzene rings is 1. The maximum Gasteiger partial charge on any atom is 0.335 e. The van der Waals surface area contributed by atoms with Gasteiger partial charge in [-0.3, -0.25) is 0 Å². The second kappa shape index (κ2) is 8.52. The van der Waals surface area contributed by atoms with Crippen molar-refractivity contribution in [3.8, 4) is 17.0 Å². The van der Waals surface area contributed by atoms with E-state index in [0.29, 0.717) is 5.88 Å². The summed E-state index contributed by atoms with van der Waals surface area (Å²) in [5, 5.41) is 12.3. The van der Waals surface area contributed by atoms with Crippen LogP contribution in [0.25, 0.3) is 11.1 Å². The highest BCUT2D eigenvalue weighted by molar-refractivity contribution is 5.88. The smallest absolute Gasteiger partial charge is 0.335 e. The summed E-state index contributed by atoms with van der Waals surface area (Å²) in [5.41, 5.74) is 2.06. The highest BCUT2D eigenvalue weighted by atomic mass is 35.5. The van der Waals surface area contributed by atoms with E-state index in [0.717, 1.165) is 24.0 Å². The number of aromatic nitrogens is 1. The van der Waals surface area contributed by atoms with Crippen molar-refractivity contribution in [2.75, 3.05) is 7.05 Å². The molecule has 0 aliphatic heterocycles. The lowest BCUT2D eigenvalue weighted by Crippen LogP contribution is -2.41. The lowest BCUT2D eigenvalue weighted by atomic mass is 10.0. The van der Waals surface area contributed by atoms with Crippen LogP contribution < -0.4 is 10.1 Å². The minimum atomic E-state index is -0.933. The molecule has 1 heterocycles. The summed E-state index contributed by atoms with van der Waals surface area (Å²) in [6, 6.07) is 10.5. The zero-order valence-electron chi connectivity index (χ0n) is 14.1. The second-order valence-corrected chi connectivity index (χ2v) is 5.90. The lowest BCUT2D eigenvalue weighted by molar-refractivity contribution is 0.0697. The van der Waals surface area contributed by atoms with Crippen LogP contribution in [0.3, 0.4) is 0 Å². The van der Waals surface area contributed by atoms with Crippen LogP contribution in [0, 0.1) is 0 Å². The van der Waals surface area contributed by atoms with Crippen LogP contribution in [0.2, 0.25) is 0 Å². The molecular formula is C18H22Cl2N2O3. The molecule has 2 aromatic rings. The normalized spacial score (nSPS) is 15.3. The average Bonchev–Trinajstić information content (AvgIpc) is 3.37. The lowest BCUT2D eigenvalue weighted by Gasteiger charge is -2.24. The van der Waals surface area contributed by atoms with Gasteiger partial charge in [0.05, 0.1) is 11.1 Å². The number of hydrogen-bond acceptors (Lipinski definition) is 4. The van der Waals surface area contributed by atoms with Crippen LogP contribution in [0.4, 0.5) is 0 Å². The molecule has 1 aliphatic carbocycles. The number of likely N-dealkylation sites (N-methyl/N-ethyl adjacent to an activating group) is 1. The number of carboxylic acids is 1. The van der Waals surface area contributed by atoms with Gasteiger partial charge in [-0.05, 0) is 56.6 Å². The predicted octanol–water partition coefficient (Wildman–Crippen LogP) is 3.81. The standard InChI is InChI=1S/C18H20N2O3.2ClH/c1-12(18(19-2)9-10-18)23-16-15(4-3-11-20-16)13-5-7-14(8-6-13)17(21)22;;/h3-8,11-12,19H,9-10H2,1-2H3,(H,21,22);2*1H. The molecule has 0 amide bonds. The van der Waals surface area contributed by atoms with Crippen LogP contribution in [-0.2, 0) is 0 Å². The number of aromatic carboxylic acids is 1. The number of carbonyl (C=O) groups is 1. The number of nitrogens with zero attached hydrogens (tertiary/aromatic N) is 1. The Hall–Kier alpha value is -1.82. The van der Waals surface area contributed by atoms with Crippen LogP contribution in [0.1, 0.15) is 30.1 Å². The molecule has 0 spiro atoms. The number of pyridine rings is 1. The monoisotopic (exact) mass is 384 g/mol. The summed E-state index contributed by atoms with van der Waals surface area (Å²) >= 11 is 0. The Labute approximate surface area is 159 Å². The van der Waals surface area contributed by atoms with Gasteiger partial charge >= 0.3 is 5.97 Å². The van der Waals surface area contributed by atoms with Crippen molar-refractivity contribution in [2.24, 2.45) is 0 Å². The highest BCUT2D eigenvalue weighted by Crippen LogP contribution is 2.40. The van der Waals surface area contributed by atoms with Crippen molar-refractivity contribution in [3.05, 3.63) is 48.2 Å². The fraction of sp³-hybridized carbons (Fsp3) is 0.333. The van der Waals surface area contributed by atoms with Crippen LogP contribution >= 0.6 is 24.8 Å². The first-order valence-electron chi connectivity index (χ1n) is 7.70. The second-order valence-electron chi connectivity index (χ2n) is 5.90. The summed E-state index contributed by atoms with van der Waals surface area (Å²) in [7, 11) is 1.96. The Morgan fingerprint density at radius 1 is 1.24 bits per heavy atom. The van der Waals surface area contributed by atoms with E-state index in [-0.39, 0.29) is 42.0 Å². The largest absolute Gasteiger partial charge is 0.478 e. The molecule has 1 saturated carbocycles. The van der Waals surface area contributed by atoms with E-state index in [1.54, 1.807) is 30.5 Å². The summed E-state index contributed by atoms with van der Waals surface area (Å²) in [6.45, 7) is 2.05. The molecule has 7 heteroatoms. The van der Waals surface area contributed by atoms with Crippen LogP contribution in [-0.4, -0.2) is 34.8 Å². The molecule has 1 aromatic heterocycles. The minimum Gasteiger partial charge on any atom is -0.478 e. The molecule has 1 aromatic carbocycles. The van der Waals surface area contributed by atoms with E-state index in [2.05, 4.69) is 17.2 Å². The summed E-state index contributed by atoms with van der Waals surface area (Å²) in [5.74, 6) is -0.359. The van der Waals surface area contributed by atoms with E-state index >= 15 is 0 Å². The molecule has 2 N–H and O–H groups in total. The summed E-state index contributed by atoms with van der Waals surface area (Å²) in [6.07, 6.45) is 3.91. The van der Waals surface area contributed by atoms with Gasteiger partial charge in [-0.1, -0.05) is 12.1 Å². The van der Waals surface area contributed by atoms with E-state index in [1.807, 2.05) is 19.2 Å². The third-order valence-corrected chi connectivity index (χ3v) is 4.57. The fourth-order valence-corrected chi connectivity index (χ4v) is 2.77. The average molecular weight is 385 g/mol. The van der Waals surface area contributed by atoms with Crippen molar-refractivity contribution < 1.29 is 14.6 Å². The van der Waals surface area contributed by atoms with Gasteiger partial charge in [-0.2, -0.15) is 0 Å². The molecule has 1 fully saturated rings. The molecule has 5 nitrogen and oxygen atoms in total. The molecule has 0 saturated heterocycles. The molecule has 0 bridgehead atoms. The molecule has 1 atom stereocenters. The first-order chi connectivity index (χ1) is 11.1. The zero-order valence-corrected chi connectivity index (χ0v) is 15.7.